The largest absolute Gasteiger partial charge is 0.396 e. The molecule has 104 valence electrons. The van der Waals surface area contributed by atoms with Gasteiger partial charge in [-0.25, -0.2) is 0 Å². The molecule has 1 rings (SSSR count). The molecule has 0 aromatic carbocycles. The summed E-state index contributed by atoms with van der Waals surface area (Å²) in [6, 6.07) is 4.00. The summed E-state index contributed by atoms with van der Waals surface area (Å²) < 4.78 is 5.44. The lowest BCUT2D eigenvalue weighted by Crippen LogP contribution is -2.45. The first-order valence-electron chi connectivity index (χ1n) is 6.17. The summed E-state index contributed by atoms with van der Waals surface area (Å²) in [5, 5.41) is 23.9. The van der Waals surface area contributed by atoms with Crippen molar-refractivity contribution in [2.24, 2.45) is 0 Å². The van der Waals surface area contributed by atoms with E-state index in [0.29, 0.717) is 26.2 Å². The van der Waals surface area contributed by atoms with Gasteiger partial charge >= 0.3 is 0 Å². The standard InChI is InChI=1S/C13H23NO3S/c1-13(2,5-6-15)14-8-11(16)9-17-10-12-4-3-7-18-12/h3-4,7,11,14-16H,5-6,8-10H2,1-2H3. The van der Waals surface area contributed by atoms with Crippen molar-refractivity contribution in [3.05, 3.63) is 22.4 Å². The zero-order chi connectivity index (χ0) is 13.4. The van der Waals surface area contributed by atoms with Gasteiger partial charge in [-0.3, -0.25) is 0 Å². The van der Waals surface area contributed by atoms with Crippen LogP contribution in [-0.2, 0) is 11.3 Å². The molecule has 0 aliphatic heterocycles. The van der Waals surface area contributed by atoms with Crippen LogP contribution in [0.15, 0.2) is 17.5 Å². The number of thiophene rings is 1. The van der Waals surface area contributed by atoms with E-state index in [4.69, 9.17) is 9.84 Å². The quantitative estimate of drug-likeness (QED) is 0.636. The van der Waals surface area contributed by atoms with E-state index in [1.807, 2.05) is 31.4 Å². The van der Waals surface area contributed by atoms with E-state index in [2.05, 4.69) is 5.32 Å². The molecule has 4 nitrogen and oxygen atoms in total. The highest BCUT2D eigenvalue weighted by Gasteiger charge is 2.17. The second-order valence-electron chi connectivity index (χ2n) is 4.99. The van der Waals surface area contributed by atoms with Gasteiger partial charge < -0.3 is 20.3 Å². The van der Waals surface area contributed by atoms with E-state index in [1.54, 1.807) is 11.3 Å². The number of hydrogen-bond acceptors (Lipinski definition) is 5. The van der Waals surface area contributed by atoms with Gasteiger partial charge in [-0.2, -0.15) is 0 Å². The summed E-state index contributed by atoms with van der Waals surface area (Å²) in [6.07, 6.45) is 0.137. The molecule has 0 saturated heterocycles. The van der Waals surface area contributed by atoms with E-state index < -0.39 is 6.10 Å². The summed E-state index contributed by atoms with van der Waals surface area (Å²) >= 11 is 1.65. The van der Waals surface area contributed by atoms with E-state index in [1.165, 1.54) is 0 Å². The topological polar surface area (TPSA) is 61.7 Å². The van der Waals surface area contributed by atoms with E-state index in [-0.39, 0.29) is 12.1 Å². The first-order valence-corrected chi connectivity index (χ1v) is 7.05. The summed E-state index contributed by atoms with van der Waals surface area (Å²) in [6.45, 7) is 5.49. The van der Waals surface area contributed by atoms with E-state index in [0.717, 1.165) is 4.88 Å². The molecule has 1 atom stereocenters. The number of hydrogen-bond donors (Lipinski definition) is 3. The van der Waals surface area contributed by atoms with Crippen LogP contribution in [0.2, 0.25) is 0 Å². The first kappa shape index (κ1) is 15.6. The third-order valence-corrected chi connectivity index (χ3v) is 3.54. The lowest BCUT2D eigenvalue weighted by molar-refractivity contribution is 0.0259. The molecule has 0 amide bonds. The molecule has 0 radical (unpaired) electrons. The zero-order valence-corrected chi connectivity index (χ0v) is 11.9. The minimum Gasteiger partial charge on any atom is -0.396 e. The predicted molar refractivity (Wildman–Crippen MR) is 73.8 cm³/mol. The Morgan fingerprint density at radius 3 is 2.89 bits per heavy atom. The second kappa shape index (κ2) is 7.86. The van der Waals surface area contributed by atoms with E-state index >= 15 is 0 Å². The van der Waals surface area contributed by atoms with Crippen molar-refractivity contribution >= 4 is 11.3 Å². The van der Waals surface area contributed by atoms with Crippen LogP contribution in [0.4, 0.5) is 0 Å². The molecular weight excluding hydrogens is 250 g/mol. The Hall–Kier alpha value is -0.460. The number of ether oxygens (including phenoxy) is 1. The van der Waals surface area contributed by atoms with Crippen LogP contribution in [0.1, 0.15) is 25.1 Å². The molecule has 1 heterocycles. The third-order valence-electron chi connectivity index (χ3n) is 2.69. The summed E-state index contributed by atoms with van der Waals surface area (Å²) in [7, 11) is 0. The van der Waals surface area contributed by atoms with Crippen LogP contribution in [0.3, 0.4) is 0 Å². The lowest BCUT2D eigenvalue weighted by atomic mass is 10.0. The van der Waals surface area contributed by atoms with Gasteiger partial charge in [0.1, 0.15) is 0 Å². The molecule has 0 fully saturated rings. The monoisotopic (exact) mass is 273 g/mol. The molecular formula is C13H23NO3S. The molecule has 1 aromatic rings. The average Bonchev–Trinajstić information content (AvgIpc) is 2.79. The van der Waals surface area contributed by atoms with Gasteiger partial charge in [-0.05, 0) is 31.7 Å². The Kier molecular flexibility index (Phi) is 6.81. The maximum atomic E-state index is 9.76. The number of rotatable bonds is 9. The van der Waals surface area contributed by atoms with Gasteiger partial charge in [0.25, 0.3) is 0 Å². The maximum Gasteiger partial charge on any atom is 0.0898 e. The normalized spacial score (nSPS) is 13.8. The zero-order valence-electron chi connectivity index (χ0n) is 11.1. The molecule has 0 aliphatic rings. The number of aliphatic hydroxyl groups is 2. The fourth-order valence-corrected chi connectivity index (χ4v) is 2.15. The molecule has 0 aliphatic carbocycles. The van der Waals surface area contributed by atoms with Crippen molar-refractivity contribution in [3.63, 3.8) is 0 Å². The molecule has 0 spiro atoms. The van der Waals surface area contributed by atoms with Crippen LogP contribution in [0.5, 0.6) is 0 Å². The highest BCUT2D eigenvalue weighted by molar-refractivity contribution is 7.09. The van der Waals surface area contributed by atoms with Crippen LogP contribution in [-0.4, -0.2) is 41.6 Å². The Morgan fingerprint density at radius 2 is 2.28 bits per heavy atom. The molecule has 0 saturated carbocycles. The Bertz CT molecular complexity index is 314. The fraction of sp³-hybridized carbons (Fsp3) is 0.692. The molecule has 1 aromatic heterocycles. The van der Waals surface area contributed by atoms with Crippen molar-refractivity contribution in [1.29, 1.82) is 0 Å². The molecule has 0 bridgehead atoms. The van der Waals surface area contributed by atoms with Gasteiger partial charge in [-0.1, -0.05) is 6.07 Å². The smallest absolute Gasteiger partial charge is 0.0898 e. The number of nitrogens with one attached hydrogen (secondary N) is 1. The van der Waals surface area contributed by atoms with Crippen molar-refractivity contribution in [3.8, 4) is 0 Å². The van der Waals surface area contributed by atoms with Crippen molar-refractivity contribution in [2.45, 2.75) is 38.5 Å². The first-order chi connectivity index (χ1) is 8.53. The lowest BCUT2D eigenvalue weighted by Gasteiger charge is -2.27. The van der Waals surface area contributed by atoms with Crippen LogP contribution in [0.25, 0.3) is 0 Å². The summed E-state index contributed by atoms with van der Waals surface area (Å²) in [4.78, 5) is 1.16. The summed E-state index contributed by atoms with van der Waals surface area (Å²) in [5.74, 6) is 0. The van der Waals surface area contributed by atoms with Crippen molar-refractivity contribution in [1.82, 2.24) is 5.32 Å². The van der Waals surface area contributed by atoms with Gasteiger partial charge in [0.15, 0.2) is 0 Å². The van der Waals surface area contributed by atoms with E-state index in [9.17, 15) is 5.11 Å². The minimum atomic E-state index is -0.525. The van der Waals surface area contributed by atoms with Gasteiger partial charge in [-0.15, -0.1) is 11.3 Å². The highest BCUT2D eigenvalue weighted by Crippen LogP contribution is 2.10. The number of aliphatic hydroxyl groups excluding tert-OH is 2. The van der Waals surface area contributed by atoms with Crippen LogP contribution >= 0.6 is 11.3 Å². The maximum absolute atomic E-state index is 9.76. The third kappa shape index (κ3) is 6.47. The molecule has 18 heavy (non-hydrogen) atoms. The average molecular weight is 273 g/mol. The Balaban J connectivity index is 2.12. The molecule has 1 unspecified atom stereocenters. The molecule has 3 N–H and O–H groups in total. The second-order valence-corrected chi connectivity index (χ2v) is 6.02. The van der Waals surface area contributed by atoms with Gasteiger partial charge in [0.05, 0.1) is 19.3 Å². The molecule has 5 heteroatoms. The van der Waals surface area contributed by atoms with Crippen LogP contribution in [0, 0.1) is 0 Å². The number of β-amino-alcohol motifs (C(OH)–C–C–N with tert-alkyl or cyclic N) is 1. The van der Waals surface area contributed by atoms with Gasteiger partial charge in [0.2, 0.25) is 0 Å². The predicted octanol–water partition coefficient (Wildman–Crippen LogP) is 1.38. The highest BCUT2D eigenvalue weighted by atomic mass is 32.1. The van der Waals surface area contributed by atoms with Gasteiger partial charge in [0, 0.05) is 23.6 Å². The minimum absolute atomic E-state index is 0.144. The van der Waals surface area contributed by atoms with Crippen molar-refractivity contribution in [2.75, 3.05) is 19.8 Å². The SMILES string of the molecule is CC(C)(CCO)NCC(O)COCc1cccs1. The fourth-order valence-electron chi connectivity index (χ4n) is 1.51. The Labute approximate surface area is 113 Å². The summed E-state index contributed by atoms with van der Waals surface area (Å²) in [5.41, 5.74) is -0.163. The van der Waals surface area contributed by atoms with Crippen LogP contribution < -0.4 is 5.32 Å². The van der Waals surface area contributed by atoms with Crippen molar-refractivity contribution < 1.29 is 14.9 Å². The Morgan fingerprint density at radius 1 is 1.50 bits per heavy atom.